The molecule has 7 heteroatoms. The number of likely N-dealkylation sites (tertiary alicyclic amines) is 1. The summed E-state index contributed by atoms with van der Waals surface area (Å²) in [7, 11) is 0. The van der Waals surface area contributed by atoms with Gasteiger partial charge in [-0.05, 0) is 6.08 Å². The second-order valence-corrected chi connectivity index (χ2v) is 5.96. The number of halogens is 3. The average molecular weight is 297 g/mol. The van der Waals surface area contributed by atoms with Gasteiger partial charge in [-0.1, -0.05) is 59.2 Å². The van der Waals surface area contributed by atoms with E-state index in [1.165, 1.54) is 6.08 Å². The molecule has 0 saturated carbocycles. The van der Waals surface area contributed by atoms with Gasteiger partial charge in [0, 0.05) is 10.4 Å². The molecule has 2 rings (SSSR count). The first-order valence-corrected chi connectivity index (χ1v) is 5.75. The summed E-state index contributed by atoms with van der Waals surface area (Å²) in [6.45, 7) is 0. The van der Waals surface area contributed by atoms with Gasteiger partial charge in [-0.15, -0.1) is 0 Å². The fourth-order valence-electron chi connectivity index (χ4n) is 1.64. The van der Waals surface area contributed by atoms with E-state index < -0.39 is 21.6 Å². The third kappa shape index (κ3) is 1.70. The molecule has 0 N–H and O–H groups in total. The molecule has 0 aromatic carbocycles. The van der Waals surface area contributed by atoms with E-state index in [-0.39, 0.29) is 5.57 Å². The lowest BCUT2D eigenvalue weighted by molar-refractivity contribution is -0.138. The van der Waals surface area contributed by atoms with Crippen LogP contribution >= 0.6 is 47.0 Å². The van der Waals surface area contributed by atoms with Gasteiger partial charge < -0.3 is 0 Å². The van der Waals surface area contributed by atoms with Gasteiger partial charge in [-0.25, -0.2) is 4.90 Å². The number of imide groups is 1. The van der Waals surface area contributed by atoms with Crippen molar-refractivity contribution in [1.82, 2.24) is 4.90 Å². The van der Waals surface area contributed by atoms with Crippen LogP contribution in [0.2, 0.25) is 0 Å². The Balaban J connectivity index is 2.49. The number of nitrogens with zero attached hydrogens (tertiary/aromatic N) is 1. The first-order chi connectivity index (χ1) is 7.34. The van der Waals surface area contributed by atoms with Crippen LogP contribution in [0.3, 0.4) is 0 Å². The summed E-state index contributed by atoms with van der Waals surface area (Å²) in [6.07, 6.45) is 4.69. The summed E-state index contributed by atoms with van der Waals surface area (Å²) in [5.74, 6) is -1.99. The smallest absolute Gasteiger partial charge is 0.273 e. The van der Waals surface area contributed by atoms with Crippen LogP contribution in [0.1, 0.15) is 0 Å². The molecule has 1 heterocycles. The van der Waals surface area contributed by atoms with Gasteiger partial charge in [-0.3, -0.25) is 9.59 Å². The Kier molecular flexibility index (Phi) is 2.87. The van der Waals surface area contributed by atoms with Crippen molar-refractivity contribution >= 4 is 63.7 Å². The molecule has 0 aromatic rings. The minimum absolute atomic E-state index is 0.254. The van der Waals surface area contributed by atoms with E-state index in [0.29, 0.717) is 9.76 Å². The predicted octanol–water partition coefficient (Wildman–Crippen LogP) is 2.17. The van der Waals surface area contributed by atoms with Crippen LogP contribution in [0.5, 0.6) is 0 Å². The monoisotopic (exact) mass is 295 g/mol. The number of hydrogen-bond donors (Lipinski definition) is 0. The second kappa shape index (κ2) is 3.81. The highest BCUT2D eigenvalue weighted by Gasteiger charge is 2.52. The Bertz CT molecular complexity index is 464. The zero-order valence-electron chi connectivity index (χ0n) is 7.62. The highest BCUT2D eigenvalue weighted by atomic mass is 35.6. The molecular formula is C9H4Cl3NO2S. The van der Waals surface area contributed by atoms with Gasteiger partial charge in [0.25, 0.3) is 9.82 Å². The second-order valence-electron chi connectivity index (χ2n) is 3.26. The maximum Gasteiger partial charge on any atom is 0.277 e. The number of allylic oxidation sites excluding steroid dienone is 3. The lowest BCUT2D eigenvalue weighted by Gasteiger charge is -2.22. The van der Waals surface area contributed by atoms with Crippen LogP contribution in [0.15, 0.2) is 23.8 Å². The van der Waals surface area contributed by atoms with Crippen LogP contribution in [0, 0.1) is 5.92 Å². The van der Waals surface area contributed by atoms with Crippen molar-refractivity contribution in [3.8, 4) is 0 Å². The molecule has 0 spiro atoms. The first kappa shape index (κ1) is 12.0. The van der Waals surface area contributed by atoms with E-state index >= 15 is 0 Å². The lowest BCUT2D eigenvalue weighted by atomic mass is 9.94. The first-order valence-electron chi connectivity index (χ1n) is 4.21. The maximum absolute atomic E-state index is 11.9. The Morgan fingerprint density at radius 3 is 2.44 bits per heavy atom. The van der Waals surface area contributed by atoms with Crippen LogP contribution in [-0.2, 0) is 9.59 Å². The molecule has 1 atom stereocenters. The fourth-order valence-corrected chi connectivity index (χ4v) is 2.43. The van der Waals surface area contributed by atoms with Crippen molar-refractivity contribution in [1.29, 1.82) is 0 Å². The molecule has 3 nitrogen and oxygen atoms in total. The summed E-state index contributed by atoms with van der Waals surface area (Å²) in [6, 6.07) is 0. The quantitative estimate of drug-likeness (QED) is 0.297. The number of rotatable bonds is 0. The number of carbonyl (C=O) groups excluding carboxylic acids is 2. The van der Waals surface area contributed by atoms with E-state index in [2.05, 4.69) is 0 Å². The molecule has 1 aliphatic heterocycles. The van der Waals surface area contributed by atoms with E-state index in [0.717, 1.165) is 0 Å². The van der Waals surface area contributed by atoms with Crippen molar-refractivity contribution in [3.63, 3.8) is 0 Å². The molecule has 0 radical (unpaired) electrons. The molecule has 1 unspecified atom stereocenters. The molecule has 1 aliphatic carbocycles. The Morgan fingerprint density at radius 2 is 1.94 bits per heavy atom. The van der Waals surface area contributed by atoms with E-state index in [4.69, 9.17) is 47.0 Å². The van der Waals surface area contributed by atoms with E-state index in [1.807, 2.05) is 0 Å². The molecule has 0 aromatic heterocycles. The van der Waals surface area contributed by atoms with Crippen LogP contribution in [0.25, 0.3) is 0 Å². The van der Waals surface area contributed by atoms with Crippen molar-refractivity contribution < 1.29 is 9.59 Å². The third-order valence-electron chi connectivity index (χ3n) is 2.30. The van der Waals surface area contributed by atoms with Gasteiger partial charge in [0.15, 0.2) is 0 Å². The number of amides is 2. The van der Waals surface area contributed by atoms with Crippen molar-refractivity contribution in [2.45, 2.75) is 3.92 Å². The predicted molar refractivity (Wildman–Crippen MR) is 65.5 cm³/mol. The summed E-state index contributed by atoms with van der Waals surface area (Å²) in [5, 5.41) is 0. The molecular weight excluding hydrogens is 293 g/mol. The minimum atomic E-state index is -2.08. The zero-order chi connectivity index (χ0) is 12.1. The molecule has 1 saturated heterocycles. The maximum atomic E-state index is 11.9. The van der Waals surface area contributed by atoms with Crippen molar-refractivity contribution in [3.05, 3.63) is 23.8 Å². The number of thiocarbonyl (C=S) groups is 1. The highest BCUT2D eigenvalue weighted by molar-refractivity contribution is 7.80. The van der Waals surface area contributed by atoms with Crippen molar-refractivity contribution in [2.75, 3.05) is 0 Å². The van der Waals surface area contributed by atoms with Crippen LogP contribution in [-0.4, -0.2) is 25.5 Å². The standard InChI is InChI=1S/C9H4Cl3NO2S/c10-9(11,12)13-7(14)4-2-1-3-5(16)6(4)8(13)15/h1-3,6H. The Hall–Kier alpha value is -0.420. The number of carbonyl (C=O) groups is 2. The van der Waals surface area contributed by atoms with Crippen LogP contribution in [0.4, 0.5) is 0 Å². The molecule has 16 heavy (non-hydrogen) atoms. The molecule has 2 amide bonds. The summed E-state index contributed by atoms with van der Waals surface area (Å²) < 4.78 is -2.08. The normalized spacial score (nSPS) is 24.9. The molecule has 2 aliphatic rings. The molecule has 1 fully saturated rings. The van der Waals surface area contributed by atoms with Crippen molar-refractivity contribution in [2.24, 2.45) is 5.92 Å². The average Bonchev–Trinajstić information content (AvgIpc) is 2.39. The van der Waals surface area contributed by atoms with Crippen LogP contribution < -0.4 is 0 Å². The van der Waals surface area contributed by atoms with E-state index in [1.54, 1.807) is 12.2 Å². The molecule has 84 valence electrons. The highest BCUT2D eigenvalue weighted by Crippen LogP contribution is 2.40. The van der Waals surface area contributed by atoms with Gasteiger partial charge in [0.1, 0.15) is 5.92 Å². The Labute approximate surface area is 112 Å². The minimum Gasteiger partial charge on any atom is -0.273 e. The van der Waals surface area contributed by atoms with Gasteiger partial charge in [0.2, 0.25) is 5.91 Å². The summed E-state index contributed by atoms with van der Waals surface area (Å²) in [5.41, 5.74) is 0.254. The number of alkyl halides is 3. The Morgan fingerprint density at radius 1 is 1.31 bits per heavy atom. The number of hydrogen-bond acceptors (Lipinski definition) is 3. The SMILES string of the molecule is O=C1C2=CC=CC(=S)C2C(=O)N1C(Cl)(Cl)Cl. The summed E-state index contributed by atoms with van der Waals surface area (Å²) >= 11 is 21.7. The largest absolute Gasteiger partial charge is 0.277 e. The van der Waals surface area contributed by atoms with Gasteiger partial charge >= 0.3 is 0 Å². The number of fused-ring (bicyclic) bond motifs is 1. The lowest BCUT2D eigenvalue weighted by Crippen LogP contribution is -2.41. The third-order valence-corrected chi connectivity index (χ3v) is 3.18. The topological polar surface area (TPSA) is 37.4 Å². The summed E-state index contributed by atoms with van der Waals surface area (Å²) in [4.78, 5) is 24.7. The zero-order valence-corrected chi connectivity index (χ0v) is 10.7. The molecule has 0 bridgehead atoms. The van der Waals surface area contributed by atoms with Gasteiger partial charge in [0.05, 0.1) is 0 Å². The fraction of sp³-hybridized carbons (Fsp3) is 0.222. The van der Waals surface area contributed by atoms with E-state index in [9.17, 15) is 9.59 Å². The van der Waals surface area contributed by atoms with Gasteiger partial charge in [-0.2, -0.15) is 0 Å².